The molecule has 0 spiro atoms. The van der Waals surface area contributed by atoms with Crippen molar-refractivity contribution in [3.05, 3.63) is 98.8 Å². The van der Waals surface area contributed by atoms with Gasteiger partial charge in [0.25, 0.3) is 11.6 Å². The van der Waals surface area contributed by atoms with Crippen LogP contribution in [0.1, 0.15) is 27.0 Å². The highest BCUT2D eigenvalue weighted by Crippen LogP contribution is 2.31. The molecule has 0 saturated heterocycles. The second kappa shape index (κ2) is 8.64. The van der Waals surface area contributed by atoms with E-state index in [1.165, 1.54) is 42.6 Å². The summed E-state index contributed by atoms with van der Waals surface area (Å²) in [6.45, 7) is 3.87. The number of nitro benzene ring substituents is 1. The summed E-state index contributed by atoms with van der Waals surface area (Å²) >= 11 is 1.14. The SMILES string of the molecule is Cc1ccc(C(=O)N(/N=C/c2ccc([N+](=O)[O-])cc2)c2nc3ccc(F)cc3s2)cc1C. The molecule has 0 atom stereocenters. The van der Waals surface area contributed by atoms with Crippen LogP contribution in [-0.2, 0) is 0 Å². The first-order valence-electron chi connectivity index (χ1n) is 9.58. The highest BCUT2D eigenvalue weighted by atomic mass is 32.1. The number of carbonyl (C=O) groups is 1. The fraction of sp³-hybridized carbons (Fsp3) is 0.0870. The number of anilines is 1. The third kappa shape index (κ3) is 4.37. The van der Waals surface area contributed by atoms with Crippen LogP contribution in [0, 0.1) is 29.8 Å². The molecule has 0 aliphatic carbocycles. The Morgan fingerprint density at radius 1 is 1.09 bits per heavy atom. The van der Waals surface area contributed by atoms with Gasteiger partial charge in [0, 0.05) is 17.7 Å². The number of benzene rings is 3. The predicted molar refractivity (Wildman–Crippen MR) is 123 cm³/mol. The van der Waals surface area contributed by atoms with Crippen LogP contribution >= 0.6 is 11.3 Å². The van der Waals surface area contributed by atoms with Crippen molar-refractivity contribution in [1.29, 1.82) is 0 Å². The molecule has 7 nitrogen and oxygen atoms in total. The summed E-state index contributed by atoms with van der Waals surface area (Å²) in [4.78, 5) is 28.1. The molecule has 1 amide bonds. The summed E-state index contributed by atoms with van der Waals surface area (Å²) in [5.74, 6) is -0.792. The van der Waals surface area contributed by atoms with E-state index in [2.05, 4.69) is 10.1 Å². The molecule has 9 heteroatoms. The molecule has 0 bridgehead atoms. The number of non-ortho nitro benzene ring substituents is 1. The third-order valence-corrected chi connectivity index (χ3v) is 5.89. The number of thiazole rings is 1. The van der Waals surface area contributed by atoms with Crippen LogP contribution < -0.4 is 5.01 Å². The zero-order valence-electron chi connectivity index (χ0n) is 17.2. The van der Waals surface area contributed by atoms with Crippen LogP contribution in [-0.4, -0.2) is 22.0 Å². The van der Waals surface area contributed by atoms with Crippen LogP contribution in [0.2, 0.25) is 0 Å². The maximum absolute atomic E-state index is 13.6. The molecule has 160 valence electrons. The van der Waals surface area contributed by atoms with Crippen molar-refractivity contribution in [3.63, 3.8) is 0 Å². The summed E-state index contributed by atoms with van der Waals surface area (Å²) in [5.41, 5.74) is 3.52. The van der Waals surface area contributed by atoms with E-state index in [4.69, 9.17) is 0 Å². The lowest BCUT2D eigenvalue weighted by molar-refractivity contribution is -0.384. The zero-order valence-corrected chi connectivity index (χ0v) is 18.0. The third-order valence-electron chi connectivity index (χ3n) is 4.89. The number of aromatic nitrogens is 1. The smallest absolute Gasteiger partial charge is 0.267 e. The highest BCUT2D eigenvalue weighted by Gasteiger charge is 2.21. The monoisotopic (exact) mass is 448 g/mol. The van der Waals surface area contributed by atoms with E-state index < -0.39 is 16.6 Å². The van der Waals surface area contributed by atoms with Gasteiger partial charge in [0.1, 0.15) is 5.82 Å². The lowest BCUT2D eigenvalue weighted by Crippen LogP contribution is -2.25. The van der Waals surface area contributed by atoms with Crippen molar-refractivity contribution in [3.8, 4) is 0 Å². The van der Waals surface area contributed by atoms with E-state index in [-0.39, 0.29) is 10.8 Å². The minimum absolute atomic E-state index is 0.0431. The number of rotatable bonds is 5. The van der Waals surface area contributed by atoms with Crippen molar-refractivity contribution < 1.29 is 14.1 Å². The van der Waals surface area contributed by atoms with Crippen molar-refractivity contribution in [1.82, 2.24) is 4.98 Å². The number of hydrogen-bond acceptors (Lipinski definition) is 6. The number of carbonyl (C=O) groups excluding carboxylic acids is 1. The largest absolute Gasteiger partial charge is 0.280 e. The lowest BCUT2D eigenvalue weighted by atomic mass is 10.1. The Morgan fingerprint density at radius 2 is 1.84 bits per heavy atom. The molecular formula is C23H17FN4O3S. The van der Waals surface area contributed by atoms with Gasteiger partial charge in [0.15, 0.2) is 0 Å². The molecule has 4 aromatic rings. The van der Waals surface area contributed by atoms with E-state index in [0.717, 1.165) is 27.5 Å². The molecule has 0 aliphatic rings. The van der Waals surface area contributed by atoms with Gasteiger partial charge in [0.05, 0.1) is 21.4 Å². The van der Waals surface area contributed by atoms with Gasteiger partial charge in [-0.05, 0) is 73.0 Å². The molecule has 0 fully saturated rings. The summed E-state index contributed by atoms with van der Waals surface area (Å²) in [6, 6.07) is 15.3. The van der Waals surface area contributed by atoms with E-state index in [1.807, 2.05) is 19.9 Å². The Kier molecular flexibility index (Phi) is 5.74. The van der Waals surface area contributed by atoms with Gasteiger partial charge in [-0.2, -0.15) is 10.1 Å². The minimum Gasteiger partial charge on any atom is -0.267 e. The number of nitro groups is 1. The van der Waals surface area contributed by atoms with E-state index in [9.17, 15) is 19.3 Å². The fourth-order valence-electron chi connectivity index (χ4n) is 2.97. The van der Waals surface area contributed by atoms with E-state index in [0.29, 0.717) is 21.3 Å². The Hall–Kier alpha value is -3.98. The fourth-order valence-corrected chi connectivity index (χ4v) is 3.92. The van der Waals surface area contributed by atoms with Gasteiger partial charge in [-0.1, -0.05) is 17.4 Å². The molecule has 32 heavy (non-hydrogen) atoms. The van der Waals surface area contributed by atoms with Gasteiger partial charge < -0.3 is 0 Å². The summed E-state index contributed by atoms with van der Waals surface area (Å²) in [5, 5.41) is 16.6. The normalized spacial score (nSPS) is 11.2. The molecular weight excluding hydrogens is 431 g/mol. The van der Waals surface area contributed by atoms with Gasteiger partial charge >= 0.3 is 0 Å². The maximum Gasteiger partial charge on any atom is 0.280 e. The molecule has 4 rings (SSSR count). The molecule has 0 aliphatic heterocycles. The van der Waals surface area contributed by atoms with Crippen LogP contribution in [0.5, 0.6) is 0 Å². The Morgan fingerprint density at radius 3 is 2.53 bits per heavy atom. The van der Waals surface area contributed by atoms with Crippen LogP contribution in [0.3, 0.4) is 0 Å². The van der Waals surface area contributed by atoms with Crippen molar-refractivity contribution in [2.24, 2.45) is 5.10 Å². The summed E-state index contributed by atoms with van der Waals surface area (Å²) < 4.78 is 14.2. The number of hydrogen-bond donors (Lipinski definition) is 0. The predicted octanol–water partition coefficient (Wildman–Crippen LogP) is 5.64. The number of amides is 1. The first-order valence-corrected chi connectivity index (χ1v) is 10.4. The van der Waals surface area contributed by atoms with Crippen LogP contribution in [0.15, 0.2) is 65.8 Å². The Labute approximate surface area is 186 Å². The Bertz CT molecular complexity index is 1370. The molecule has 0 saturated carbocycles. The molecule has 3 aromatic carbocycles. The van der Waals surface area contributed by atoms with Gasteiger partial charge in [0.2, 0.25) is 5.13 Å². The van der Waals surface area contributed by atoms with Crippen molar-refractivity contribution in [2.75, 3.05) is 5.01 Å². The molecule has 1 heterocycles. The molecule has 1 aromatic heterocycles. The number of nitrogens with zero attached hydrogens (tertiary/aromatic N) is 4. The highest BCUT2D eigenvalue weighted by molar-refractivity contribution is 7.22. The number of aryl methyl sites for hydroxylation is 2. The summed E-state index contributed by atoms with van der Waals surface area (Å²) in [6.07, 6.45) is 1.43. The molecule has 0 N–H and O–H groups in total. The lowest BCUT2D eigenvalue weighted by Gasteiger charge is -2.14. The first kappa shape index (κ1) is 21.3. The first-order chi connectivity index (χ1) is 15.3. The number of halogens is 1. The molecule has 0 unspecified atom stereocenters. The average molecular weight is 448 g/mol. The minimum atomic E-state index is -0.489. The number of fused-ring (bicyclic) bond motifs is 1. The van der Waals surface area contributed by atoms with Gasteiger partial charge in [-0.15, -0.1) is 0 Å². The van der Waals surface area contributed by atoms with Gasteiger partial charge in [-0.25, -0.2) is 9.37 Å². The van der Waals surface area contributed by atoms with Crippen molar-refractivity contribution >= 4 is 44.5 Å². The number of hydrazone groups is 1. The zero-order chi connectivity index (χ0) is 22.8. The second-order valence-corrected chi connectivity index (χ2v) is 8.13. The van der Waals surface area contributed by atoms with Crippen LogP contribution in [0.25, 0.3) is 10.2 Å². The quantitative estimate of drug-likeness (QED) is 0.224. The van der Waals surface area contributed by atoms with Crippen molar-refractivity contribution in [2.45, 2.75) is 13.8 Å². The van der Waals surface area contributed by atoms with Gasteiger partial charge in [-0.3, -0.25) is 14.9 Å². The average Bonchev–Trinajstić information content (AvgIpc) is 3.18. The second-order valence-electron chi connectivity index (χ2n) is 7.12. The maximum atomic E-state index is 13.6. The van der Waals surface area contributed by atoms with E-state index in [1.54, 1.807) is 18.2 Å². The van der Waals surface area contributed by atoms with Crippen LogP contribution in [0.4, 0.5) is 15.2 Å². The topological polar surface area (TPSA) is 88.7 Å². The summed E-state index contributed by atoms with van der Waals surface area (Å²) in [7, 11) is 0. The van der Waals surface area contributed by atoms with E-state index >= 15 is 0 Å². The Balaban J connectivity index is 1.74. The molecule has 0 radical (unpaired) electrons. The standard InChI is InChI=1S/C23H17FN4O3S/c1-14-3-6-17(11-15(14)2)22(29)27(23-26-20-10-7-18(24)12-21(20)32-23)25-13-16-4-8-19(9-5-16)28(30)31/h3-13H,1-2H3/b25-13+.